The smallest absolute Gasteiger partial charge is 0.119 e. The van der Waals surface area contributed by atoms with Gasteiger partial charge in [-0.1, -0.05) is 18.2 Å². The minimum atomic E-state index is -0.520. The van der Waals surface area contributed by atoms with Gasteiger partial charge in [-0.15, -0.1) is 0 Å². The van der Waals surface area contributed by atoms with Crippen molar-refractivity contribution >= 4 is 0 Å². The van der Waals surface area contributed by atoms with Crippen LogP contribution >= 0.6 is 0 Å². The van der Waals surface area contributed by atoms with Crippen LogP contribution in [0.15, 0.2) is 48.7 Å². The predicted molar refractivity (Wildman–Crippen MR) is 83.4 cm³/mol. The first-order chi connectivity index (χ1) is 10.2. The van der Waals surface area contributed by atoms with Crippen molar-refractivity contribution in [1.29, 1.82) is 0 Å². The van der Waals surface area contributed by atoms with Crippen molar-refractivity contribution in [2.24, 2.45) is 0 Å². The van der Waals surface area contributed by atoms with Gasteiger partial charge >= 0.3 is 0 Å². The lowest BCUT2D eigenvalue weighted by molar-refractivity contribution is 0.127. The Morgan fingerprint density at radius 3 is 2.81 bits per heavy atom. The highest BCUT2D eigenvalue weighted by molar-refractivity contribution is 5.29. The fraction of sp³-hybridized carbons (Fsp3) is 0.353. The highest BCUT2D eigenvalue weighted by Crippen LogP contribution is 2.19. The molecule has 0 saturated heterocycles. The monoisotopic (exact) mass is 286 g/mol. The van der Waals surface area contributed by atoms with Crippen LogP contribution in [0.2, 0.25) is 0 Å². The van der Waals surface area contributed by atoms with E-state index in [9.17, 15) is 5.11 Å². The zero-order chi connectivity index (χ0) is 15.1. The molecule has 0 spiro atoms. The molecule has 4 heteroatoms. The molecule has 112 valence electrons. The number of aliphatic hydroxyl groups is 1. The molecule has 1 atom stereocenters. The summed E-state index contributed by atoms with van der Waals surface area (Å²) in [6, 6.07) is 13.5. The van der Waals surface area contributed by atoms with E-state index in [1.807, 2.05) is 49.5 Å². The van der Waals surface area contributed by atoms with Crippen molar-refractivity contribution in [2.45, 2.75) is 12.5 Å². The lowest BCUT2D eigenvalue weighted by atomic mass is 10.1. The molecule has 0 aliphatic heterocycles. The van der Waals surface area contributed by atoms with Gasteiger partial charge in [0.1, 0.15) is 5.75 Å². The SMILES string of the molecule is COc1cccc(C(O)CN(C)CCc2ccccn2)c1. The number of hydrogen-bond acceptors (Lipinski definition) is 4. The molecular formula is C17H22N2O2. The van der Waals surface area contributed by atoms with Gasteiger partial charge in [0.05, 0.1) is 13.2 Å². The summed E-state index contributed by atoms with van der Waals surface area (Å²) in [6.45, 7) is 1.44. The highest BCUT2D eigenvalue weighted by Gasteiger charge is 2.11. The van der Waals surface area contributed by atoms with E-state index in [2.05, 4.69) is 9.88 Å². The van der Waals surface area contributed by atoms with Crippen LogP contribution in [0.1, 0.15) is 17.4 Å². The third kappa shape index (κ3) is 4.85. The average Bonchev–Trinajstić information content (AvgIpc) is 2.54. The van der Waals surface area contributed by atoms with Crippen molar-refractivity contribution in [3.8, 4) is 5.75 Å². The first-order valence-corrected chi connectivity index (χ1v) is 7.09. The van der Waals surface area contributed by atoms with Crippen molar-refractivity contribution in [1.82, 2.24) is 9.88 Å². The predicted octanol–water partition coefficient (Wildman–Crippen LogP) is 2.30. The lowest BCUT2D eigenvalue weighted by Crippen LogP contribution is -2.27. The molecule has 2 rings (SSSR count). The molecule has 0 amide bonds. The first kappa shape index (κ1) is 15.5. The van der Waals surface area contributed by atoms with Crippen molar-refractivity contribution < 1.29 is 9.84 Å². The fourth-order valence-corrected chi connectivity index (χ4v) is 2.19. The molecule has 1 heterocycles. The maximum absolute atomic E-state index is 10.3. The summed E-state index contributed by atoms with van der Waals surface area (Å²) in [6.07, 6.45) is 2.16. The average molecular weight is 286 g/mol. The Balaban J connectivity index is 1.85. The molecule has 0 fully saturated rings. The quantitative estimate of drug-likeness (QED) is 0.848. The topological polar surface area (TPSA) is 45.6 Å². The Bertz CT molecular complexity index is 545. The van der Waals surface area contributed by atoms with E-state index in [1.165, 1.54) is 0 Å². The zero-order valence-corrected chi connectivity index (χ0v) is 12.6. The largest absolute Gasteiger partial charge is 0.497 e. The number of pyridine rings is 1. The van der Waals surface area contributed by atoms with E-state index in [-0.39, 0.29) is 0 Å². The number of aromatic nitrogens is 1. The van der Waals surface area contributed by atoms with Gasteiger partial charge in [0.15, 0.2) is 0 Å². The second-order valence-electron chi connectivity index (χ2n) is 5.13. The van der Waals surface area contributed by atoms with Crippen LogP contribution in [0.3, 0.4) is 0 Å². The van der Waals surface area contributed by atoms with Gasteiger partial charge in [-0.25, -0.2) is 0 Å². The number of aliphatic hydroxyl groups excluding tert-OH is 1. The highest BCUT2D eigenvalue weighted by atomic mass is 16.5. The van der Waals surface area contributed by atoms with E-state index in [4.69, 9.17) is 4.74 Å². The van der Waals surface area contributed by atoms with Crippen molar-refractivity contribution in [3.05, 3.63) is 59.9 Å². The fourth-order valence-electron chi connectivity index (χ4n) is 2.19. The molecule has 1 unspecified atom stereocenters. The van der Waals surface area contributed by atoms with Gasteiger partial charge in [-0.3, -0.25) is 4.98 Å². The number of ether oxygens (including phenoxy) is 1. The van der Waals surface area contributed by atoms with E-state index in [1.54, 1.807) is 13.3 Å². The van der Waals surface area contributed by atoms with Gasteiger partial charge in [0, 0.05) is 31.4 Å². The van der Waals surface area contributed by atoms with Gasteiger partial charge in [-0.2, -0.15) is 0 Å². The lowest BCUT2D eigenvalue weighted by Gasteiger charge is -2.21. The minimum absolute atomic E-state index is 0.520. The van der Waals surface area contributed by atoms with Gasteiger partial charge in [0.25, 0.3) is 0 Å². The summed E-state index contributed by atoms with van der Waals surface area (Å²) in [5.41, 5.74) is 1.94. The van der Waals surface area contributed by atoms with Gasteiger partial charge < -0.3 is 14.7 Å². The number of benzene rings is 1. The molecular weight excluding hydrogens is 264 g/mol. The molecule has 0 aliphatic carbocycles. The molecule has 0 bridgehead atoms. The summed E-state index contributed by atoms with van der Waals surface area (Å²) in [4.78, 5) is 6.41. The Kier molecular flexibility index (Phi) is 5.72. The van der Waals surface area contributed by atoms with Gasteiger partial charge in [0.2, 0.25) is 0 Å². The Labute approximate surface area is 126 Å². The van der Waals surface area contributed by atoms with Crippen molar-refractivity contribution in [3.63, 3.8) is 0 Å². The third-order valence-electron chi connectivity index (χ3n) is 3.44. The Hall–Kier alpha value is -1.91. The summed E-state index contributed by atoms with van der Waals surface area (Å²) in [7, 11) is 3.64. The second-order valence-corrected chi connectivity index (χ2v) is 5.13. The maximum atomic E-state index is 10.3. The van der Waals surface area contributed by atoms with Crippen LogP contribution in [-0.4, -0.2) is 42.2 Å². The second kappa shape index (κ2) is 7.76. The first-order valence-electron chi connectivity index (χ1n) is 7.09. The van der Waals surface area contributed by atoms with Crippen LogP contribution in [0, 0.1) is 0 Å². The molecule has 1 aromatic carbocycles. The van der Waals surface area contributed by atoms with Crippen LogP contribution in [-0.2, 0) is 6.42 Å². The molecule has 1 N–H and O–H groups in total. The number of likely N-dealkylation sites (N-methyl/N-ethyl adjacent to an activating group) is 1. The molecule has 1 aromatic heterocycles. The normalized spacial score (nSPS) is 12.4. The van der Waals surface area contributed by atoms with Crippen LogP contribution in [0.4, 0.5) is 0 Å². The molecule has 21 heavy (non-hydrogen) atoms. The summed E-state index contributed by atoms with van der Waals surface area (Å²) < 4.78 is 5.18. The Morgan fingerprint density at radius 2 is 2.10 bits per heavy atom. The van der Waals surface area contributed by atoms with Crippen LogP contribution in [0.5, 0.6) is 5.75 Å². The summed E-state index contributed by atoms with van der Waals surface area (Å²) >= 11 is 0. The summed E-state index contributed by atoms with van der Waals surface area (Å²) in [5, 5.41) is 10.3. The number of rotatable bonds is 7. The molecule has 2 aromatic rings. The number of nitrogens with zero attached hydrogens (tertiary/aromatic N) is 2. The van der Waals surface area contributed by atoms with Gasteiger partial charge in [-0.05, 0) is 36.9 Å². The molecule has 0 aliphatic rings. The Morgan fingerprint density at radius 1 is 1.24 bits per heavy atom. The molecule has 0 radical (unpaired) electrons. The van der Waals surface area contributed by atoms with E-state index in [0.717, 1.165) is 30.0 Å². The molecule has 4 nitrogen and oxygen atoms in total. The van der Waals surface area contributed by atoms with Crippen LogP contribution < -0.4 is 4.74 Å². The van der Waals surface area contributed by atoms with Crippen LogP contribution in [0.25, 0.3) is 0 Å². The zero-order valence-electron chi connectivity index (χ0n) is 12.6. The summed E-state index contributed by atoms with van der Waals surface area (Å²) in [5.74, 6) is 0.766. The van der Waals surface area contributed by atoms with E-state index >= 15 is 0 Å². The third-order valence-corrected chi connectivity index (χ3v) is 3.44. The number of methoxy groups -OCH3 is 1. The van der Waals surface area contributed by atoms with E-state index in [0.29, 0.717) is 6.54 Å². The maximum Gasteiger partial charge on any atom is 0.119 e. The molecule has 0 saturated carbocycles. The minimum Gasteiger partial charge on any atom is -0.497 e. The van der Waals surface area contributed by atoms with Crippen molar-refractivity contribution in [2.75, 3.05) is 27.2 Å². The van der Waals surface area contributed by atoms with E-state index < -0.39 is 6.10 Å². The number of hydrogen-bond donors (Lipinski definition) is 1. The standard InChI is InChI=1S/C17H22N2O2/c1-19(11-9-15-7-3-4-10-18-15)13-17(20)14-6-5-8-16(12-14)21-2/h3-8,10,12,17,20H,9,11,13H2,1-2H3.